The number of hydrogen-bond donors (Lipinski definition) is 2. The van der Waals surface area contributed by atoms with Gasteiger partial charge in [-0.3, -0.25) is 0 Å². The minimum absolute atomic E-state index is 0.0334. The van der Waals surface area contributed by atoms with Gasteiger partial charge in [-0.25, -0.2) is 0 Å². The summed E-state index contributed by atoms with van der Waals surface area (Å²) in [5, 5.41) is 27.0. The Morgan fingerprint density at radius 2 is 1.94 bits per heavy atom. The van der Waals surface area contributed by atoms with Gasteiger partial charge in [-0.15, -0.1) is 0 Å². The monoisotopic (exact) mass is 261 g/mol. The predicted molar refractivity (Wildman–Crippen MR) is 54.6 cm³/mol. The molecule has 0 bridgehead atoms. The molecule has 0 aliphatic carbocycles. The van der Waals surface area contributed by atoms with Crippen LogP contribution in [0.2, 0.25) is 0 Å². The maximum absolute atomic E-state index is 12.5. The second-order valence-electron chi connectivity index (χ2n) is 3.48. The summed E-state index contributed by atoms with van der Waals surface area (Å²) < 4.78 is 42.2. The first-order chi connectivity index (χ1) is 8.31. The van der Waals surface area contributed by atoms with Gasteiger partial charge < -0.3 is 14.9 Å². The number of methoxy groups -OCH3 is 1. The number of aliphatic hydroxyl groups is 2. The van der Waals surface area contributed by atoms with E-state index in [-0.39, 0.29) is 5.56 Å². The van der Waals surface area contributed by atoms with Crippen molar-refractivity contribution in [1.82, 2.24) is 0 Å². The van der Waals surface area contributed by atoms with E-state index in [0.717, 1.165) is 25.3 Å². The molecule has 0 aliphatic heterocycles. The molecule has 0 radical (unpaired) electrons. The van der Waals surface area contributed by atoms with E-state index in [0.29, 0.717) is 0 Å². The number of hydrogen-bond acceptors (Lipinski definition) is 4. The van der Waals surface area contributed by atoms with E-state index in [4.69, 9.17) is 10.4 Å². The Labute approximate surface area is 101 Å². The second-order valence-corrected chi connectivity index (χ2v) is 3.48. The van der Waals surface area contributed by atoms with Crippen LogP contribution in [-0.2, 0) is 6.18 Å². The Morgan fingerprint density at radius 1 is 1.33 bits per heavy atom. The highest BCUT2D eigenvalue weighted by Gasteiger charge is 2.34. The average molecular weight is 261 g/mol. The van der Waals surface area contributed by atoms with E-state index in [2.05, 4.69) is 4.74 Å². The van der Waals surface area contributed by atoms with Crippen molar-refractivity contribution in [2.75, 3.05) is 7.11 Å². The van der Waals surface area contributed by atoms with Crippen LogP contribution in [0, 0.1) is 11.3 Å². The molecule has 0 amide bonds. The molecule has 0 aromatic heterocycles. The van der Waals surface area contributed by atoms with Crippen LogP contribution in [0.25, 0.3) is 0 Å². The first-order valence-corrected chi connectivity index (χ1v) is 4.82. The summed E-state index contributed by atoms with van der Waals surface area (Å²) in [6, 6.07) is 4.03. The molecule has 0 heterocycles. The third-order valence-electron chi connectivity index (χ3n) is 2.30. The van der Waals surface area contributed by atoms with Crippen LogP contribution < -0.4 is 4.74 Å². The van der Waals surface area contributed by atoms with Gasteiger partial charge in [0.25, 0.3) is 0 Å². The Kier molecular flexibility index (Phi) is 4.16. The Morgan fingerprint density at radius 3 is 2.39 bits per heavy atom. The molecule has 2 N–H and O–H groups in total. The van der Waals surface area contributed by atoms with Crippen LogP contribution in [-0.4, -0.2) is 23.4 Å². The lowest BCUT2D eigenvalue weighted by molar-refractivity contribution is -0.138. The number of nitriles is 1. The lowest BCUT2D eigenvalue weighted by Gasteiger charge is -2.16. The normalized spacial score (nSPS) is 14.7. The Bertz CT molecular complexity index is 468. The fraction of sp³-hybridized carbons (Fsp3) is 0.364. The number of benzene rings is 1. The lowest BCUT2D eigenvalue weighted by Crippen LogP contribution is -2.16. The number of alkyl halides is 3. The molecule has 2 atom stereocenters. The maximum atomic E-state index is 12.5. The smallest absolute Gasteiger partial charge is 0.419 e. The van der Waals surface area contributed by atoms with Crippen LogP contribution in [0.5, 0.6) is 5.75 Å². The van der Waals surface area contributed by atoms with Crippen molar-refractivity contribution < 1.29 is 28.1 Å². The van der Waals surface area contributed by atoms with Gasteiger partial charge in [-0.05, 0) is 17.7 Å². The van der Waals surface area contributed by atoms with Gasteiger partial charge >= 0.3 is 6.18 Å². The van der Waals surface area contributed by atoms with Crippen molar-refractivity contribution >= 4 is 0 Å². The van der Waals surface area contributed by atoms with E-state index in [1.807, 2.05) is 0 Å². The van der Waals surface area contributed by atoms with Crippen molar-refractivity contribution in [3.63, 3.8) is 0 Å². The predicted octanol–water partition coefficient (Wildman–Crippen LogP) is 1.63. The Balaban J connectivity index is 3.19. The van der Waals surface area contributed by atoms with Crippen LogP contribution >= 0.6 is 0 Å². The van der Waals surface area contributed by atoms with Gasteiger partial charge in [0.05, 0.1) is 18.7 Å². The summed E-state index contributed by atoms with van der Waals surface area (Å²) in [4.78, 5) is 0. The van der Waals surface area contributed by atoms with Crippen LogP contribution in [0.1, 0.15) is 17.2 Å². The fourth-order valence-corrected chi connectivity index (χ4v) is 1.38. The van der Waals surface area contributed by atoms with Gasteiger partial charge in [0.1, 0.15) is 11.9 Å². The molecule has 18 heavy (non-hydrogen) atoms. The molecule has 0 saturated carbocycles. The van der Waals surface area contributed by atoms with E-state index in [9.17, 15) is 18.3 Å². The highest BCUT2D eigenvalue weighted by molar-refractivity contribution is 5.40. The number of rotatable bonds is 3. The summed E-state index contributed by atoms with van der Waals surface area (Å²) >= 11 is 0. The van der Waals surface area contributed by atoms with Crippen LogP contribution in [0.4, 0.5) is 13.2 Å². The topological polar surface area (TPSA) is 73.5 Å². The number of nitrogens with zero attached hydrogens (tertiary/aromatic N) is 1. The van der Waals surface area contributed by atoms with Gasteiger partial charge in [-0.2, -0.15) is 18.4 Å². The summed E-state index contributed by atoms with van der Waals surface area (Å²) in [6.45, 7) is 0. The van der Waals surface area contributed by atoms with Crippen molar-refractivity contribution in [1.29, 1.82) is 5.26 Å². The fourth-order valence-electron chi connectivity index (χ4n) is 1.38. The molecule has 1 aromatic carbocycles. The van der Waals surface area contributed by atoms with Crippen molar-refractivity contribution in [3.8, 4) is 11.8 Å². The minimum atomic E-state index is -4.58. The van der Waals surface area contributed by atoms with Gasteiger partial charge in [0.15, 0.2) is 6.10 Å². The molecule has 0 spiro atoms. The maximum Gasteiger partial charge on any atom is 0.419 e. The summed E-state index contributed by atoms with van der Waals surface area (Å²) in [6.07, 6.45) is -7.89. The summed E-state index contributed by atoms with van der Waals surface area (Å²) in [7, 11) is 1.06. The molecule has 98 valence electrons. The van der Waals surface area contributed by atoms with Crippen LogP contribution in [0.3, 0.4) is 0 Å². The molecule has 1 rings (SSSR count). The minimum Gasteiger partial charge on any atom is -0.496 e. The molecular formula is C11H10F3NO3. The first-order valence-electron chi connectivity index (χ1n) is 4.82. The zero-order chi connectivity index (χ0) is 13.9. The van der Waals surface area contributed by atoms with Gasteiger partial charge in [-0.1, -0.05) is 6.07 Å². The highest BCUT2D eigenvalue weighted by atomic mass is 19.4. The zero-order valence-electron chi connectivity index (χ0n) is 9.27. The van der Waals surface area contributed by atoms with Crippen molar-refractivity contribution in [2.45, 2.75) is 18.4 Å². The molecule has 1 aromatic rings. The molecule has 4 nitrogen and oxygen atoms in total. The van der Waals surface area contributed by atoms with Crippen LogP contribution in [0.15, 0.2) is 18.2 Å². The first kappa shape index (κ1) is 14.3. The third kappa shape index (κ3) is 2.91. The second kappa shape index (κ2) is 5.25. The lowest BCUT2D eigenvalue weighted by atomic mass is 10.0. The zero-order valence-corrected chi connectivity index (χ0v) is 9.27. The molecule has 2 unspecified atom stereocenters. The average Bonchev–Trinajstić information content (AvgIpc) is 2.34. The highest BCUT2D eigenvalue weighted by Crippen LogP contribution is 2.37. The molecular weight excluding hydrogens is 251 g/mol. The van der Waals surface area contributed by atoms with Crippen molar-refractivity contribution in [2.24, 2.45) is 0 Å². The molecule has 0 aliphatic rings. The molecule has 0 fully saturated rings. The third-order valence-corrected chi connectivity index (χ3v) is 2.30. The molecule has 7 heteroatoms. The van der Waals surface area contributed by atoms with E-state index in [1.165, 1.54) is 6.07 Å². The Hall–Kier alpha value is -1.78. The standard InChI is InChI=1S/C11H10F3NO3/c1-18-9-4-6(10(17)8(16)5-15)2-3-7(9)11(12,13)14/h2-4,8,10,16-17H,1H3. The quantitative estimate of drug-likeness (QED) is 0.811. The molecule has 0 saturated heterocycles. The largest absolute Gasteiger partial charge is 0.496 e. The van der Waals surface area contributed by atoms with Crippen molar-refractivity contribution in [3.05, 3.63) is 29.3 Å². The van der Waals surface area contributed by atoms with Gasteiger partial charge in [0, 0.05) is 0 Å². The van der Waals surface area contributed by atoms with E-state index >= 15 is 0 Å². The van der Waals surface area contributed by atoms with E-state index in [1.54, 1.807) is 0 Å². The van der Waals surface area contributed by atoms with Gasteiger partial charge in [0.2, 0.25) is 0 Å². The number of ether oxygens (including phenoxy) is 1. The number of halogens is 3. The summed E-state index contributed by atoms with van der Waals surface area (Å²) in [5.74, 6) is -0.482. The summed E-state index contributed by atoms with van der Waals surface area (Å²) in [5.41, 5.74) is -1.03. The van der Waals surface area contributed by atoms with E-state index < -0.39 is 29.7 Å². The SMILES string of the molecule is COc1cc(C(O)C(O)C#N)ccc1C(F)(F)F. The number of aliphatic hydroxyl groups excluding tert-OH is 2.